The van der Waals surface area contributed by atoms with Crippen molar-refractivity contribution in [2.24, 2.45) is 5.92 Å². The van der Waals surface area contributed by atoms with Gasteiger partial charge >= 0.3 is 0 Å². The number of rotatable bonds is 5. The lowest BCUT2D eigenvalue weighted by Gasteiger charge is -2.14. The minimum absolute atomic E-state index is 0.0547. The molecular formula is C16H22N2O. The van der Waals surface area contributed by atoms with Crippen LogP contribution in [0.2, 0.25) is 0 Å². The molecule has 1 amide bonds. The number of amides is 1. The summed E-state index contributed by atoms with van der Waals surface area (Å²) < 4.78 is 0. The highest BCUT2D eigenvalue weighted by Gasteiger charge is 2.20. The molecule has 2 N–H and O–H groups in total. The van der Waals surface area contributed by atoms with Crippen LogP contribution < -0.4 is 10.6 Å². The Balaban J connectivity index is 1.90. The number of anilines is 1. The molecule has 0 spiro atoms. The van der Waals surface area contributed by atoms with Gasteiger partial charge in [-0.15, -0.1) is 6.58 Å². The fraction of sp³-hybridized carbons (Fsp3) is 0.438. The fourth-order valence-electron chi connectivity index (χ4n) is 2.56. The number of hydrogen-bond donors (Lipinski definition) is 2. The van der Waals surface area contributed by atoms with Gasteiger partial charge in [-0.1, -0.05) is 13.0 Å². The third-order valence-corrected chi connectivity index (χ3v) is 3.62. The molecule has 1 aliphatic rings. The summed E-state index contributed by atoms with van der Waals surface area (Å²) in [5.74, 6) is 0.766. The van der Waals surface area contributed by atoms with Gasteiger partial charge < -0.3 is 10.6 Å². The average molecular weight is 258 g/mol. The minimum atomic E-state index is -0.0547. The van der Waals surface area contributed by atoms with Gasteiger partial charge in [0.15, 0.2) is 0 Å². The normalized spacial score (nSPS) is 21.9. The quantitative estimate of drug-likeness (QED) is 0.796. The summed E-state index contributed by atoms with van der Waals surface area (Å²) in [6, 6.07) is 8.26. The molecule has 0 aliphatic heterocycles. The molecule has 1 saturated carbocycles. The van der Waals surface area contributed by atoms with Crippen molar-refractivity contribution in [1.29, 1.82) is 0 Å². The molecule has 2 rings (SSSR count). The summed E-state index contributed by atoms with van der Waals surface area (Å²) in [7, 11) is 0. The summed E-state index contributed by atoms with van der Waals surface area (Å²) in [6.45, 7) is 6.38. The highest BCUT2D eigenvalue weighted by atomic mass is 16.1. The first-order valence-electron chi connectivity index (χ1n) is 6.94. The molecule has 19 heavy (non-hydrogen) atoms. The van der Waals surface area contributed by atoms with Crippen LogP contribution >= 0.6 is 0 Å². The van der Waals surface area contributed by atoms with E-state index in [2.05, 4.69) is 24.1 Å². The van der Waals surface area contributed by atoms with Crippen LogP contribution in [0, 0.1) is 5.92 Å². The Morgan fingerprint density at radius 3 is 2.68 bits per heavy atom. The highest BCUT2D eigenvalue weighted by Crippen LogP contribution is 2.27. The molecular weight excluding hydrogens is 236 g/mol. The predicted molar refractivity (Wildman–Crippen MR) is 79.4 cm³/mol. The number of nitrogens with one attached hydrogen (secondary N) is 2. The second-order valence-corrected chi connectivity index (χ2v) is 5.34. The minimum Gasteiger partial charge on any atom is -0.382 e. The third kappa shape index (κ3) is 3.85. The van der Waals surface area contributed by atoms with Crippen LogP contribution in [0.3, 0.4) is 0 Å². The Hall–Kier alpha value is -1.77. The van der Waals surface area contributed by atoms with Gasteiger partial charge in [-0.3, -0.25) is 4.79 Å². The molecule has 0 aromatic heterocycles. The maximum atomic E-state index is 11.7. The molecule has 2 atom stereocenters. The lowest BCUT2D eigenvalue weighted by molar-refractivity contribution is 0.0958. The van der Waals surface area contributed by atoms with Gasteiger partial charge in [-0.2, -0.15) is 0 Å². The average Bonchev–Trinajstić information content (AvgIpc) is 2.82. The van der Waals surface area contributed by atoms with Crippen molar-refractivity contribution in [3.63, 3.8) is 0 Å². The van der Waals surface area contributed by atoms with Crippen LogP contribution in [-0.2, 0) is 0 Å². The van der Waals surface area contributed by atoms with E-state index >= 15 is 0 Å². The molecule has 1 aromatic rings. The van der Waals surface area contributed by atoms with Gasteiger partial charge in [0.25, 0.3) is 5.91 Å². The van der Waals surface area contributed by atoms with Crippen molar-refractivity contribution >= 4 is 11.6 Å². The maximum absolute atomic E-state index is 11.7. The summed E-state index contributed by atoms with van der Waals surface area (Å²) in [4.78, 5) is 11.7. The molecule has 3 nitrogen and oxygen atoms in total. The Kier molecular flexibility index (Phi) is 4.61. The molecule has 0 heterocycles. The van der Waals surface area contributed by atoms with E-state index < -0.39 is 0 Å². The smallest absolute Gasteiger partial charge is 0.251 e. The van der Waals surface area contributed by atoms with Gasteiger partial charge in [0, 0.05) is 23.8 Å². The molecule has 2 unspecified atom stereocenters. The number of hydrogen-bond acceptors (Lipinski definition) is 2. The lowest BCUT2D eigenvalue weighted by atomic mass is 10.1. The standard InChI is InChI=1S/C16H22N2O/c1-3-10-17-16(19)13-5-8-14(9-6-13)18-15-7-4-12(2)11-15/h3,5-6,8-9,12,15,18H,1,4,7,10-11H2,2H3,(H,17,19). The zero-order valence-electron chi connectivity index (χ0n) is 11.5. The summed E-state index contributed by atoms with van der Waals surface area (Å²) >= 11 is 0. The van der Waals surface area contributed by atoms with Crippen molar-refractivity contribution in [1.82, 2.24) is 5.32 Å². The monoisotopic (exact) mass is 258 g/mol. The van der Waals surface area contributed by atoms with E-state index in [1.54, 1.807) is 6.08 Å². The molecule has 1 aliphatic carbocycles. The molecule has 0 radical (unpaired) electrons. The van der Waals surface area contributed by atoms with Crippen molar-refractivity contribution in [2.75, 3.05) is 11.9 Å². The van der Waals surface area contributed by atoms with Gasteiger partial charge in [0.05, 0.1) is 0 Å². The maximum Gasteiger partial charge on any atom is 0.251 e. The van der Waals surface area contributed by atoms with Gasteiger partial charge in [-0.25, -0.2) is 0 Å². The molecule has 0 saturated heterocycles. The van der Waals surface area contributed by atoms with Gasteiger partial charge in [-0.05, 0) is 49.4 Å². The Morgan fingerprint density at radius 1 is 1.37 bits per heavy atom. The third-order valence-electron chi connectivity index (χ3n) is 3.62. The lowest BCUT2D eigenvalue weighted by Crippen LogP contribution is -2.23. The number of carbonyl (C=O) groups excluding carboxylic acids is 1. The second-order valence-electron chi connectivity index (χ2n) is 5.34. The molecule has 3 heteroatoms. The van der Waals surface area contributed by atoms with Crippen LogP contribution in [0.1, 0.15) is 36.5 Å². The second kappa shape index (κ2) is 6.41. The van der Waals surface area contributed by atoms with Crippen molar-refractivity contribution < 1.29 is 4.79 Å². The van der Waals surface area contributed by atoms with Gasteiger partial charge in [0.1, 0.15) is 0 Å². The topological polar surface area (TPSA) is 41.1 Å². The van der Waals surface area contributed by atoms with E-state index in [-0.39, 0.29) is 5.91 Å². The zero-order chi connectivity index (χ0) is 13.7. The van der Waals surface area contributed by atoms with Crippen LogP contribution in [0.15, 0.2) is 36.9 Å². The number of benzene rings is 1. The van der Waals surface area contributed by atoms with E-state index in [4.69, 9.17) is 0 Å². The Morgan fingerprint density at radius 2 is 2.11 bits per heavy atom. The number of carbonyl (C=O) groups is 1. The van der Waals surface area contributed by atoms with Crippen LogP contribution in [0.4, 0.5) is 5.69 Å². The van der Waals surface area contributed by atoms with Crippen LogP contribution in [-0.4, -0.2) is 18.5 Å². The SMILES string of the molecule is C=CCNC(=O)c1ccc(NC2CCC(C)C2)cc1. The van der Waals surface area contributed by atoms with E-state index in [1.807, 2.05) is 24.3 Å². The summed E-state index contributed by atoms with van der Waals surface area (Å²) in [5.41, 5.74) is 1.78. The van der Waals surface area contributed by atoms with Crippen LogP contribution in [0.25, 0.3) is 0 Å². The van der Waals surface area contributed by atoms with Crippen molar-refractivity contribution in [3.05, 3.63) is 42.5 Å². The Bertz CT molecular complexity index is 439. The van der Waals surface area contributed by atoms with E-state index in [1.165, 1.54) is 19.3 Å². The van der Waals surface area contributed by atoms with Crippen molar-refractivity contribution in [3.8, 4) is 0 Å². The zero-order valence-corrected chi connectivity index (χ0v) is 11.5. The molecule has 0 bridgehead atoms. The first-order chi connectivity index (χ1) is 9.19. The predicted octanol–water partition coefficient (Wildman–Crippen LogP) is 3.20. The fourth-order valence-corrected chi connectivity index (χ4v) is 2.56. The first kappa shape index (κ1) is 13.7. The first-order valence-corrected chi connectivity index (χ1v) is 6.94. The molecule has 1 fully saturated rings. The summed E-state index contributed by atoms with van der Waals surface area (Å²) in [6.07, 6.45) is 5.46. The molecule has 102 valence electrons. The van der Waals surface area contributed by atoms with E-state index in [0.29, 0.717) is 18.2 Å². The summed E-state index contributed by atoms with van der Waals surface area (Å²) in [5, 5.41) is 6.30. The van der Waals surface area contributed by atoms with Crippen LogP contribution in [0.5, 0.6) is 0 Å². The Labute approximate surface area is 115 Å². The largest absolute Gasteiger partial charge is 0.382 e. The highest BCUT2D eigenvalue weighted by molar-refractivity contribution is 5.94. The van der Waals surface area contributed by atoms with E-state index in [9.17, 15) is 4.79 Å². The van der Waals surface area contributed by atoms with Gasteiger partial charge in [0.2, 0.25) is 0 Å². The van der Waals surface area contributed by atoms with Crippen molar-refractivity contribution in [2.45, 2.75) is 32.2 Å². The van der Waals surface area contributed by atoms with E-state index in [0.717, 1.165) is 11.6 Å². The molecule has 1 aromatic carbocycles.